The average Bonchev–Trinajstić information content (AvgIpc) is 2.49. The van der Waals surface area contributed by atoms with Crippen LogP contribution in [0.1, 0.15) is 32.4 Å². The van der Waals surface area contributed by atoms with Crippen LogP contribution in [-0.4, -0.2) is 23.1 Å². The van der Waals surface area contributed by atoms with E-state index in [1.54, 1.807) is 0 Å². The Balaban J connectivity index is 2.27. The van der Waals surface area contributed by atoms with E-state index in [9.17, 15) is 0 Å². The van der Waals surface area contributed by atoms with E-state index in [1.165, 1.54) is 0 Å². The molecule has 0 spiro atoms. The summed E-state index contributed by atoms with van der Waals surface area (Å²) in [5.74, 6) is 1.55. The summed E-state index contributed by atoms with van der Waals surface area (Å²) in [4.78, 5) is 11.4. The average molecular weight is 319 g/mol. The third-order valence-electron chi connectivity index (χ3n) is 3.27. The third-order valence-corrected chi connectivity index (χ3v) is 3.60. The summed E-state index contributed by atoms with van der Waals surface area (Å²) in [7, 11) is 0. The van der Waals surface area contributed by atoms with Crippen LogP contribution < -0.4 is 10.2 Å². The predicted octanol–water partition coefficient (Wildman–Crippen LogP) is 4.81. The van der Waals surface area contributed by atoms with E-state index in [2.05, 4.69) is 34.0 Å². The SMILES string of the molecule is CCCN(CCC)c1cc(C)nc(Nc2ccccc2Cl)n1. The maximum absolute atomic E-state index is 6.19. The standard InChI is InChI=1S/C17H23ClN4/c1-4-10-22(11-5-2)16-12-13(3)19-17(21-16)20-15-9-7-6-8-14(15)18/h6-9,12H,4-5,10-11H2,1-3H3,(H,19,20,21). The maximum atomic E-state index is 6.19. The van der Waals surface area contributed by atoms with Crippen molar-refractivity contribution in [1.29, 1.82) is 0 Å². The lowest BCUT2D eigenvalue weighted by molar-refractivity contribution is 0.732. The van der Waals surface area contributed by atoms with Gasteiger partial charge in [0.05, 0.1) is 10.7 Å². The van der Waals surface area contributed by atoms with Gasteiger partial charge >= 0.3 is 0 Å². The Morgan fingerprint density at radius 3 is 2.41 bits per heavy atom. The first-order valence-corrected chi connectivity index (χ1v) is 8.14. The van der Waals surface area contributed by atoms with Crippen molar-refractivity contribution in [3.8, 4) is 0 Å². The van der Waals surface area contributed by atoms with Gasteiger partial charge in [0.2, 0.25) is 5.95 Å². The van der Waals surface area contributed by atoms with Crippen LogP contribution in [-0.2, 0) is 0 Å². The van der Waals surface area contributed by atoms with Crippen molar-refractivity contribution >= 4 is 29.1 Å². The number of nitrogens with one attached hydrogen (secondary N) is 1. The van der Waals surface area contributed by atoms with Crippen LogP contribution >= 0.6 is 11.6 Å². The van der Waals surface area contributed by atoms with E-state index >= 15 is 0 Å². The third kappa shape index (κ3) is 4.34. The number of nitrogens with zero attached hydrogens (tertiary/aromatic N) is 3. The molecule has 2 aromatic rings. The highest BCUT2D eigenvalue weighted by atomic mass is 35.5. The topological polar surface area (TPSA) is 41.1 Å². The van der Waals surface area contributed by atoms with Gasteiger partial charge in [0.1, 0.15) is 5.82 Å². The smallest absolute Gasteiger partial charge is 0.229 e. The Labute approximate surface area is 137 Å². The van der Waals surface area contributed by atoms with Gasteiger partial charge in [0.15, 0.2) is 0 Å². The zero-order valence-corrected chi connectivity index (χ0v) is 14.2. The molecule has 1 heterocycles. The van der Waals surface area contributed by atoms with Gasteiger partial charge in [-0.25, -0.2) is 4.98 Å². The van der Waals surface area contributed by atoms with Gasteiger partial charge in [-0.2, -0.15) is 4.98 Å². The minimum Gasteiger partial charge on any atom is -0.356 e. The van der Waals surface area contributed by atoms with E-state index in [0.29, 0.717) is 11.0 Å². The number of halogens is 1. The van der Waals surface area contributed by atoms with Gasteiger partial charge in [0.25, 0.3) is 0 Å². The first kappa shape index (κ1) is 16.6. The van der Waals surface area contributed by atoms with Crippen molar-refractivity contribution in [2.45, 2.75) is 33.6 Å². The highest BCUT2D eigenvalue weighted by molar-refractivity contribution is 6.33. The Bertz CT molecular complexity index is 609. The zero-order valence-electron chi connectivity index (χ0n) is 13.4. The largest absolute Gasteiger partial charge is 0.356 e. The Morgan fingerprint density at radius 1 is 1.09 bits per heavy atom. The van der Waals surface area contributed by atoms with Crippen molar-refractivity contribution in [3.05, 3.63) is 41.0 Å². The Kier molecular flexibility index (Phi) is 6.01. The first-order chi connectivity index (χ1) is 10.6. The second-order valence-electron chi connectivity index (χ2n) is 5.28. The fourth-order valence-corrected chi connectivity index (χ4v) is 2.52. The quantitative estimate of drug-likeness (QED) is 0.795. The van der Waals surface area contributed by atoms with E-state index in [4.69, 9.17) is 11.6 Å². The monoisotopic (exact) mass is 318 g/mol. The Morgan fingerprint density at radius 2 is 1.77 bits per heavy atom. The predicted molar refractivity (Wildman–Crippen MR) is 94.3 cm³/mol. The summed E-state index contributed by atoms with van der Waals surface area (Å²) in [6.07, 6.45) is 2.19. The number of hydrogen-bond acceptors (Lipinski definition) is 4. The molecular formula is C17H23ClN4. The van der Waals surface area contributed by atoms with Crippen molar-refractivity contribution < 1.29 is 0 Å². The number of aryl methyl sites for hydroxylation is 1. The van der Waals surface area contributed by atoms with Crippen molar-refractivity contribution in [2.75, 3.05) is 23.3 Å². The molecule has 22 heavy (non-hydrogen) atoms. The van der Waals surface area contributed by atoms with Crippen LogP contribution in [0.2, 0.25) is 5.02 Å². The molecular weight excluding hydrogens is 296 g/mol. The van der Waals surface area contributed by atoms with Crippen LogP contribution in [0.15, 0.2) is 30.3 Å². The Hall–Kier alpha value is -1.81. The molecule has 0 fully saturated rings. The molecule has 4 nitrogen and oxygen atoms in total. The van der Waals surface area contributed by atoms with Crippen LogP contribution in [0.25, 0.3) is 0 Å². The second kappa shape index (κ2) is 7.99. The van der Waals surface area contributed by atoms with E-state index < -0.39 is 0 Å². The van der Waals surface area contributed by atoms with Gasteiger partial charge in [0, 0.05) is 24.8 Å². The minimum atomic E-state index is 0.584. The summed E-state index contributed by atoms with van der Waals surface area (Å²) in [5.41, 5.74) is 1.76. The molecule has 0 atom stereocenters. The molecule has 0 radical (unpaired) electrons. The summed E-state index contributed by atoms with van der Waals surface area (Å²) < 4.78 is 0. The number of hydrogen-bond donors (Lipinski definition) is 1. The number of aromatic nitrogens is 2. The number of para-hydroxylation sites is 1. The molecule has 0 saturated heterocycles. The molecule has 0 bridgehead atoms. The van der Waals surface area contributed by atoms with Crippen molar-refractivity contribution in [3.63, 3.8) is 0 Å². The lowest BCUT2D eigenvalue weighted by atomic mass is 10.3. The number of rotatable bonds is 7. The molecule has 0 aliphatic carbocycles. The van der Waals surface area contributed by atoms with Crippen LogP contribution in [0.4, 0.5) is 17.5 Å². The molecule has 0 saturated carbocycles. The van der Waals surface area contributed by atoms with Gasteiger partial charge in [-0.3, -0.25) is 0 Å². The molecule has 2 rings (SSSR count). The van der Waals surface area contributed by atoms with Crippen molar-refractivity contribution in [2.24, 2.45) is 0 Å². The molecule has 0 aliphatic heterocycles. The lowest BCUT2D eigenvalue weighted by Crippen LogP contribution is -2.26. The summed E-state index contributed by atoms with van der Waals surface area (Å²) >= 11 is 6.19. The normalized spacial score (nSPS) is 10.5. The molecule has 1 aromatic carbocycles. The van der Waals surface area contributed by atoms with Gasteiger partial charge < -0.3 is 10.2 Å². The molecule has 0 aliphatic rings. The number of benzene rings is 1. The lowest BCUT2D eigenvalue weighted by Gasteiger charge is -2.23. The molecule has 0 unspecified atom stereocenters. The second-order valence-corrected chi connectivity index (χ2v) is 5.69. The zero-order chi connectivity index (χ0) is 15.9. The van der Waals surface area contributed by atoms with E-state index in [0.717, 1.165) is 43.1 Å². The molecule has 118 valence electrons. The summed E-state index contributed by atoms with van der Waals surface area (Å²) in [6, 6.07) is 9.64. The fraction of sp³-hybridized carbons (Fsp3) is 0.412. The van der Waals surface area contributed by atoms with Gasteiger partial charge in [-0.15, -0.1) is 0 Å². The first-order valence-electron chi connectivity index (χ1n) is 7.76. The highest BCUT2D eigenvalue weighted by Gasteiger charge is 2.10. The minimum absolute atomic E-state index is 0.584. The molecule has 5 heteroatoms. The fourth-order valence-electron chi connectivity index (χ4n) is 2.33. The van der Waals surface area contributed by atoms with Crippen LogP contribution in [0.3, 0.4) is 0 Å². The van der Waals surface area contributed by atoms with Gasteiger partial charge in [-0.05, 0) is 31.9 Å². The molecule has 1 aromatic heterocycles. The summed E-state index contributed by atoms with van der Waals surface area (Å²) in [5, 5.41) is 3.87. The number of anilines is 3. The van der Waals surface area contributed by atoms with Crippen LogP contribution in [0, 0.1) is 6.92 Å². The van der Waals surface area contributed by atoms with Crippen molar-refractivity contribution in [1.82, 2.24) is 9.97 Å². The highest BCUT2D eigenvalue weighted by Crippen LogP contribution is 2.24. The van der Waals surface area contributed by atoms with Gasteiger partial charge in [-0.1, -0.05) is 37.6 Å². The van der Waals surface area contributed by atoms with E-state index in [1.807, 2.05) is 37.3 Å². The molecule has 1 N–H and O–H groups in total. The maximum Gasteiger partial charge on any atom is 0.229 e. The summed E-state index contributed by atoms with van der Waals surface area (Å²) in [6.45, 7) is 8.34. The van der Waals surface area contributed by atoms with Crippen LogP contribution in [0.5, 0.6) is 0 Å². The molecule has 0 amide bonds. The van der Waals surface area contributed by atoms with E-state index in [-0.39, 0.29) is 0 Å².